The second kappa shape index (κ2) is 9.86. The predicted molar refractivity (Wildman–Crippen MR) is 124 cm³/mol. The summed E-state index contributed by atoms with van der Waals surface area (Å²) >= 11 is 0. The van der Waals surface area contributed by atoms with Gasteiger partial charge in [0.2, 0.25) is 5.91 Å². The first-order valence-electron chi connectivity index (χ1n) is 11.8. The Balaban J connectivity index is 1.46. The van der Waals surface area contributed by atoms with E-state index in [0.29, 0.717) is 13.1 Å². The number of hydrogen-bond donors (Lipinski definition) is 1. The number of fused-ring (bicyclic) bond motifs is 1. The fraction of sp³-hybridized carbons (Fsp3) is 0.560. The normalized spacial score (nSPS) is 18.8. The number of carbonyl (C=O) groups excluding carboxylic acids is 1. The van der Waals surface area contributed by atoms with E-state index in [1.54, 1.807) is 7.11 Å². The van der Waals surface area contributed by atoms with Gasteiger partial charge in [-0.05, 0) is 25.3 Å². The number of likely N-dealkylation sites (tertiary alicyclic amines) is 1. The van der Waals surface area contributed by atoms with Gasteiger partial charge in [0.1, 0.15) is 11.6 Å². The van der Waals surface area contributed by atoms with Crippen LogP contribution < -0.4 is 10.3 Å². The standard InChI is InChI=1S/C25H34N4O3/c1-4-17(5-2)25(31)29-13-10-19(15-29)23-26-21-11-12-28(16-20(21)24(30)27-23)14-18-8-6-7-9-22(18)32-3/h6-9,17,19H,4-5,10-16H2,1-3H3,(H,26,27,30)/t19-/m1/s1. The highest BCUT2D eigenvalue weighted by molar-refractivity contribution is 5.79. The molecule has 2 aliphatic rings. The largest absolute Gasteiger partial charge is 0.496 e. The fourth-order valence-electron chi connectivity index (χ4n) is 4.98. The molecule has 4 rings (SSSR count). The summed E-state index contributed by atoms with van der Waals surface area (Å²) in [6.07, 6.45) is 3.35. The van der Waals surface area contributed by atoms with Crippen molar-refractivity contribution in [2.75, 3.05) is 26.7 Å². The lowest BCUT2D eigenvalue weighted by Gasteiger charge is -2.28. The van der Waals surface area contributed by atoms with Gasteiger partial charge < -0.3 is 14.6 Å². The molecular formula is C25H34N4O3. The number of aromatic nitrogens is 2. The molecule has 0 spiro atoms. The van der Waals surface area contributed by atoms with Crippen molar-refractivity contribution >= 4 is 5.91 Å². The molecular weight excluding hydrogens is 404 g/mol. The van der Waals surface area contributed by atoms with Gasteiger partial charge in [-0.3, -0.25) is 14.5 Å². The Labute approximate surface area is 189 Å². The number of aromatic amines is 1. The van der Waals surface area contributed by atoms with Crippen LogP contribution in [0.2, 0.25) is 0 Å². The number of hydrogen-bond acceptors (Lipinski definition) is 5. The van der Waals surface area contributed by atoms with E-state index in [2.05, 4.69) is 29.8 Å². The molecule has 1 saturated heterocycles. The third kappa shape index (κ3) is 4.58. The van der Waals surface area contributed by atoms with Crippen LogP contribution in [0.3, 0.4) is 0 Å². The molecule has 1 fully saturated rings. The van der Waals surface area contributed by atoms with Gasteiger partial charge in [0.15, 0.2) is 0 Å². The maximum atomic E-state index is 13.0. The van der Waals surface area contributed by atoms with Gasteiger partial charge in [-0.25, -0.2) is 4.98 Å². The monoisotopic (exact) mass is 438 g/mol. The number of nitrogens with zero attached hydrogens (tertiary/aromatic N) is 3. The van der Waals surface area contributed by atoms with E-state index in [0.717, 1.165) is 73.7 Å². The molecule has 1 N–H and O–H groups in total. The van der Waals surface area contributed by atoms with Crippen molar-refractivity contribution in [2.45, 2.75) is 58.5 Å². The third-order valence-electron chi connectivity index (χ3n) is 6.97. The number of methoxy groups -OCH3 is 1. The molecule has 1 aromatic heterocycles. The summed E-state index contributed by atoms with van der Waals surface area (Å²) in [5, 5.41) is 0. The van der Waals surface area contributed by atoms with Crippen LogP contribution in [0.1, 0.15) is 61.7 Å². The SMILES string of the molecule is CCC(CC)C(=O)N1CC[C@@H](c2nc3c(c(=O)[nH]2)CN(Cc2ccccc2OC)CC3)C1. The van der Waals surface area contributed by atoms with Gasteiger partial charge >= 0.3 is 0 Å². The van der Waals surface area contributed by atoms with E-state index in [1.165, 1.54) is 0 Å². The van der Waals surface area contributed by atoms with Crippen LogP contribution in [-0.2, 0) is 24.3 Å². The number of benzene rings is 1. The zero-order valence-corrected chi connectivity index (χ0v) is 19.4. The molecule has 3 heterocycles. The van der Waals surface area contributed by atoms with Crippen molar-refractivity contribution in [3.8, 4) is 5.75 Å². The summed E-state index contributed by atoms with van der Waals surface area (Å²) in [4.78, 5) is 37.8. The summed E-state index contributed by atoms with van der Waals surface area (Å²) in [6.45, 7) is 7.70. The van der Waals surface area contributed by atoms with Crippen molar-refractivity contribution < 1.29 is 9.53 Å². The first-order valence-corrected chi connectivity index (χ1v) is 11.8. The number of amides is 1. The Morgan fingerprint density at radius 1 is 1.25 bits per heavy atom. The van der Waals surface area contributed by atoms with Gasteiger partial charge in [0.25, 0.3) is 5.56 Å². The topological polar surface area (TPSA) is 78.5 Å². The van der Waals surface area contributed by atoms with E-state index in [-0.39, 0.29) is 23.3 Å². The average Bonchev–Trinajstić information content (AvgIpc) is 3.31. The minimum Gasteiger partial charge on any atom is -0.496 e. The summed E-state index contributed by atoms with van der Waals surface area (Å²) in [5.41, 5.74) is 2.75. The molecule has 1 amide bonds. The number of carbonyl (C=O) groups is 1. The highest BCUT2D eigenvalue weighted by Crippen LogP contribution is 2.28. The Morgan fingerprint density at radius 3 is 2.78 bits per heavy atom. The predicted octanol–water partition coefficient (Wildman–Crippen LogP) is 3.09. The first kappa shape index (κ1) is 22.5. The molecule has 2 aliphatic heterocycles. The zero-order valence-electron chi connectivity index (χ0n) is 19.4. The average molecular weight is 439 g/mol. The van der Waals surface area contributed by atoms with Crippen LogP contribution in [0.4, 0.5) is 0 Å². The summed E-state index contributed by atoms with van der Waals surface area (Å²) < 4.78 is 5.47. The number of rotatable bonds is 7. The molecule has 0 unspecified atom stereocenters. The highest BCUT2D eigenvalue weighted by atomic mass is 16.5. The number of H-pyrrole nitrogens is 1. The maximum Gasteiger partial charge on any atom is 0.255 e. The van der Waals surface area contributed by atoms with Crippen molar-refractivity contribution in [2.24, 2.45) is 5.92 Å². The lowest BCUT2D eigenvalue weighted by atomic mass is 10.0. The Kier molecular flexibility index (Phi) is 6.94. The Hall–Kier alpha value is -2.67. The van der Waals surface area contributed by atoms with Gasteiger partial charge in [0.05, 0.1) is 18.4 Å². The first-order chi connectivity index (χ1) is 15.5. The van der Waals surface area contributed by atoms with Crippen LogP contribution in [0.25, 0.3) is 0 Å². The van der Waals surface area contributed by atoms with Crippen LogP contribution in [0.5, 0.6) is 5.75 Å². The number of para-hydroxylation sites is 1. The Bertz CT molecular complexity index is 1010. The quantitative estimate of drug-likeness (QED) is 0.719. The van der Waals surface area contributed by atoms with Crippen LogP contribution in [0.15, 0.2) is 29.1 Å². The molecule has 0 saturated carbocycles. The fourth-order valence-corrected chi connectivity index (χ4v) is 4.98. The molecule has 1 aromatic carbocycles. The summed E-state index contributed by atoms with van der Waals surface area (Å²) in [7, 11) is 1.68. The molecule has 32 heavy (non-hydrogen) atoms. The van der Waals surface area contributed by atoms with E-state index < -0.39 is 0 Å². The molecule has 0 radical (unpaired) electrons. The van der Waals surface area contributed by atoms with Crippen molar-refractivity contribution in [1.82, 2.24) is 19.8 Å². The maximum absolute atomic E-state index is 13.0. The van der Waals surface area contributed by atoms with E-state index >= 15 is 0 Å². The minimum atomic E-state index is -0.0421. The zero-order chi connectivity index (χ0) is 22.7. The van der Waals surface area contributed by atoms with E-state index in [1.807, 2.05) is 23.1 Å². The molecule has 7 nitrogen and oxygen atoms in total. The second-order valence-corrected chi connectivity index (χ2v) is 8.93. The highest BCUT2D eigenvalue weighted by Gasteiger charge is 2.32. The molecule has 2 aromatic rings. The second-order valence-electron chi connectivity index (χ2n) is 8.93. The molecule has 172 valence electrons. The third-order valence-corrected chi connectivity index (χ3v) is 6.97. The summed E-state index contributed by atoms with van der Waals surface area (Å²) in [5.74, 6) is 2.06. The van der Waals surface area contributed by atoms with Crippen molar-refractivity contribution in [3.05, 3.63) is 57.3 Å². The van der Waals surface area contributed by atoms with Crippen LogP contribution in [-0.4, -0.2) is 52.4 Å². The van der Waals surface area contributed by atoms with Gasteiger partial charge in [-0.15, -0.1) is 0 Å². The molecule has 0 aliphatic carbocycles. The van der Waals surface area contributed by atoms with Gasteiger partial charge in [-0.1, -0.05) is 32.0 Å². The molecule has 7 heteroatoms. The van der Waals surface area contributed by atoms with E-state index in [4.69, 9.17) is 9.72 Å². The lowest BCUT2D eigenvalue weighted by molar-refractivity contribution is -0.134. The van der Waals surface area contributed by atoms with Crippen LogP contribution in [0, 0.1) is 5.92 Å². The van der Waals surface area contributed by atoms with Gasteiger partial charge in [-0.2, -0.15) is 0 Å². The Morgan fingerprint density at radius 2 is 2.03 bits per heavy atom. The number of ether oxygens (including phenoxy) is 1. The van der Waals surface area contributed by atoms with Crippen molar-refractivity contribution in [3.63, 3.8) is 0 Å². The smallest absolute Gasteiger partial charge is 0.255 e. The van der Waals surface area contributed by atoms with Gasteiger partial charge in [0, 0.05) is 56.5 Å². The molecule has 1 atom stereocenters. The summed E-state index contributed by atoms with van der Waals surface area (Å²) in [6, 6.07) is 8.00. The lowest BCUT2D eigenvalue weighted by Crippen LogP contribution is -2.36. The van der Waals surface area contributed by atoms with Crippen molar-refractivity contribution in [1.29, 1.82) is 0 Å². The number of nitrogens with one attached hydrogen (secondary N) is 1. The van der Waals surface area contributed by atoms with Crippen LogP contribution >= 0.6 is 0 Å². The minimum absolute atomic E-state index is 0.0421. The molecule has 0 bridgehead atoms. The van der Waals surface area contributed by atoms with E-state index in [9.17, 15) is 9.59 Å².